The first-order chi connectivity index (χ1) is 13.2. The lowest BCUT2D eigenvalue weighted by Gasteiger charge is -2.28. The lowest BCUT2D eigenvalue weighted by molar-refractivity contribution is 0.104. The topological polar surface area (TPSA) is 38.8 Å². The maximum atomic E-state index is 12.5. The van der Waals surface area contributed by atoms with Gasteiger partial charge in [0.2, 0.25) is 0 Å². The van der Waals surface area contributed by atoms with Crippen LogP contribution in [0, 0.1) is 0 Å². The monoisotopic (exact) mass is 381 g/mol. The average Bonchev–Trinajstić information content (AvgIpc) is 2.72. The predicted molar refractivity (Wildman–Crippen MR) is 108 cm³/mol. The largest absolute Gasteiger partial charge is 0.488 e. The van der Waals surface area contributed by atoms with Crippen molar-refractivity contribution in [1.29, 1.82) is 0 Å². The molecular weight excluding hydrogens is 362 g/mol. The van der Waals surface area contributed by atoms with E-state index in [1.807, 2.05) is 48.6 Å². The first kappa shape index (κ1) is 17.8. The molecule has 2 aliphatic rings. The molecule has 2 aromatic rings. The molecule has 4 nitrogen and oxygen atoms in total. The Morgan fingerprint density at radius 1 is 1.07 bits per heavy atom. The van der Waals surface area contributed by atoms with Crippen molar-refractivity contribution >= 4 is 29.1 Å². The zero-order chi connectivity index (χ0) is 18.6. The summed E-state index contributed by atoms with van der Waals surface area (Å²) < 4.78 is 11.1. The van der Waals surface area contributed by atoms with Crippen LogP contribution in [0.4, 0.5) is 5.69 Å². The summed E-state index contributed by atoms with van der Waals surface area (Å²) in [4.78, 5) is 14.7. The Balaban J connectivity index is 1.44. The van der Waals surface area contributed by atoms with Gasteiger partial charge in [0.1, 0.15) is 12.4 Å². The predicted octanol–water partition coefficient (Wildman–Crippen LogP) is 4.39. The van der Waals surface area contributed by atoms with E-state index in [9.17, 15) is 4.79 Å². The van der Waals surface area contributed by atoms with Gasteiger partial charge in [-0.05, 0) is 60.2 Å². The second-order valence-electron chi connectivity index (χ2n) is 6.53. The molecule has 4 rings (SSSR count). The molecule has 0 atom stereocenters. The third-order valence-electron chi connectivity index (χ3n) is 4.68. The number of nitrogens with zero attached hydrogens (tertiary/aromatic N) is 1. The van der Waals surface area contributed by atoms with Crippen LogP contribution in [0.5, 0.6) is 5.75 Å². The molecule has 0 N–H and O–H groups in total. The number of fused-ring (bicyclic) bond motifs is 1. The summed E-state index contributed by atoms with van der Waals surface area (Å²) in [5, 5.41) is 0.662. The van der Waals surface area contributed by atoms with Crippen molar-refractivity contribution in [2.24, 2.45) is 0 Å². The fourth-order valence-corrected chi connectivity index (χ4v) is 3.38. The number of allylic oxidation sites excluding steroid dienone is 1. The van der Waals surface area contributed by atoms with Crippen molar-refractivity contribution in [1.82, 2.24) is 0 Å². The Labute approximate surface area is 163 Å². The Hall–Kier alpha value is -2.56. The molecule has 2 aliphatic heterocycles. The van der Waals surface area contributed by atoms with E-state index in [1.54, 1.807) is 12.1 Å². The average molecular weight is 382 g/mol. The molecular formula is C22H20ClNO3. The maximum absolute atomic E-state index is 12.5. The minimum atomic E-state index is -0.0266. The molecule has 0 unspecified atom stereocenters. The summed E-state index contributed by atoms with van der Waals surface area (Å²) in [7, 11) is 0. The molecule has 0 saturated carbocycles. The highest BCUT2D eigenvalue weighted by Crippen LogP contribution is 2.29. The Bertz CT molecular complexity index is 896. The summed E-state index contributed by atoms with van der Waals surface area (Å²) in [6.45, 7) is 3.69. The molecule has 0 aliphatic carbocycles. The zero-order valence-electron chi connectivity index (χ0n) is 14.9. The number of ether oxygens (including phenoxy) is 2. The van der Waals surface area contributed by atoms with Crippen molar-refractivity contribution in [2.45, 2.75) is 0 Å². The van der Waals surface area contributed by atoms with Gasteiger partial charge in [-0.1, -0.05) is 17.7 Å². The second-order valence-corrected chi connectivity index (χ2v) is 6.97. The molecule has 0 radical (unpaired) electrons. The summed E-state index contributed by atoms with van der Waals surface area (Å²) >= 11 is 6.03. The van der Waals surface area contributed by atoms with Gasteiger partial charge in [-0.3, -0.25) is 4.79 Å². The third-order valence-corrected chi connectivity index (χ3v) is 4.92. The molecule has 0 bridgehead atoms. The van der Waals surface area contributed by atoms with Gasteiger partial charge in [0.05, 0.1) is 13.2 Å². The van der Waals surface area contributed by atoms with E-state index in [4.69, 9.17) is 21.1 Å². The van der Waals surface area contributed by atoms with Gasteiger partial charge in [0.25, 0.3) is 0 Å². The number of ketones is 1. The summed E-state index contributed by atoms with van der Waals surface area (Å²) in [5.74, 6) is 0.780. The first-order valence-corrected chi connectivity index (χ1v) is 9.35. The molecule has 5 heteroatoms. The van der Waals surface area contributed by atoms with Crippen molar-refractivity contribution in [3.05, 3.63) is 76.3 Å². The standard InChI is InChI=1S/C22H20ClNO3/c23-19-4-8-22-18(14-19)13-16(15-27-22)1-7-21(25)17-2-5-20(6-3-17)24-9-11-26-12-10-24/h1-8,13-14H,9-12,15H2/b7-1+. The number of carbonyl (C=O) groups is 1. The van der Waals surface area contributed by atoms with Crippen LogP contribution in [0.3, 0.4) is 0 Å². The van der Waals surface area contributed by atoms with Crippen LogP contribution in [0.1, 0.15) is 15.9 Å². The SMILES string of the molecule is O=C(/C=C/C1=Cc2cc(Cl)ccc2OC1)c1ccc(N2CCOCC2)cc1. The second kappa shape index (κ2) is 7.99. The van der Waals surface area contributed by atoms with E-state index in [2.05, 4.69) is 4.90 Å². The van der Waals surface area contributed by atoms with Crippen LogP contribution >= 0.6 is 11.6 Å². The van der Waals surface area contributed by atoms with E-state index in [0.717, 1.165) is 48.9 Å². The minimum absolute atomic E-state index is 0.0266. The van der Waals surface area contributed by atoms with Crippen LogP contribution in [0.25, 0.3) is 6.08 Å². The smallest absolute Gasteiger partial charge is 0.185 e. The number of halogens is 1. The molecule has 2 heterocycles. The summed E-state index contributed by atoms with van der Waals surface area (Å²) in [6.07, 6.45) is 5.40. The lowest BCUT2D eigenvalue weighted by Crippen LogP contribution is -2.36. The number of morpholine rings is 1. The quantitative estimate of drug-likeness (QED) is 0.581. The molecule has 0 amide bonds. The van der Waals surface area contributed by atoms with Gasteiger partial charge in [-0.25, -0.2) is 0 Å². The van der Waals surface area contributed by atoms with Gasteiger partial charge in [0, 0.05) is 34.9 Å². The van der Waals surface area contributed by atoms with Crippen LogP contribution in [0.15, 0.2) is 60.2 Å². The molecule has 1 saturated heterocycles. The number of hydrogen-bond donors (Lipinski definition) is 0. The Kier molecular flexibility index (Phi) is 5.28. The summed E-state index contributed by atoms with van der Waals surface area (Å²) in [6, 6.07) is 13.3. The minimum Gasteiger partial charge on any atom is -0.488 e. The van der Waals surface area contributed by atoms with Crippen molar-refractivity contribution < 1.29 is 14.3 Å². The number of benzene rings is 2. The van der Waals surface area contributed by atoms with Crippen molar-refractivity contribution in [3.8, 4) is 5.75 Å². The van der Waals surface area contributed by atoms with E-state index in [1.165, 1.54) is 0 Å². The Morgan fingerprint density at radius 2 is 1.85 bits per heavy atom. The highest BCUT2D eigenvalue weighted by atomic mass is 35.5. The van der Waals surface area contributed by atoms with Gasteiger partial charge in [-0.15, -0.1) is 0 Å². The Morgan fingerprint density at radius 3 is 2.63 bits per heavy atom. The van der Waals surface area contributed by atoms with Crippen molar-refractivity contribution in [3.63, 3.8) is 0 Å². The molecule has 0 aromatic heterocycles. The lowest BCUT2D eigenvalue weighted by atomic mass is 10.1. The van der Waals surface area contributed by atoms with E-state index >= 15 is 0 Å². The van der Waals surface area contributed by atoms with Gasteiger partial charge >= 0.3 is 0 Å². The van der Waals surface area contributed by atoms with E-state index in [-0.39, 0.29) is 5.78 Å². The normalized spacial score (nSPS) is 16.6. The van der Waals surface area contributed by atoms with Crippen LogP contribution < -0.4 is 9.64 Å². The van der Waals surface area contributed by atoms with Gasteiger partial charge in [0.15, 0.2) is 5.78 Å². The van der Waals surface area contributed by atoms with Crippen molar-refractivity contribution in [2.75, 3.05) is 37.8 Å². The van der Waals surface area contributed by atoms with Crippen LogP contribution in [0.2, 0.25) is 5.02 Å². The van der Waals surface area contributed by atoms with Crippen LogP contribution in [-0.4, -0.2) is 38.7 Å². The zero-order valence-corrected chi connectivity index (χ0v) is 15.6. The molecule has 138 valence electrons. The molecule has 1 fully saturated rings. The fraction of sp³-hybridized carbons (Fsp3) is 0.227. The first-order valence-electron chi connectivity index (χ1n) is 8.97. The number of hydrogen-bond acceptors (Lipinski definition) is 4. The van der Waals surface area contributed by atoms with E-state index < -0.39 is 0 Å². The van der Waals surface area contributed by atoms with Gasteiger partial charge < -0.3 is 14.4 Å². The van der Waals surface area contributed by atoms with E-state index in [0.29, 0.717) is 17.2 Å². The summed E-state index contributed by atoms with van der Waals surface area (Å²) in [5.41, 5.74) is 3.65. The molecule has 27 heavy (non-hydrogen) atoms. The van der Waals surface area contributed by atoms with Gasteiger partial charge in [-0.2, -0.15) is 0 Å². The molecule has 0 spiro atoms. The highest BCUT2D eigenvalue weighted by Gasteiger charge is 2.13. The maximum Gasteiger partial charge on any atom is 0.185 e. The number of anilines is 1. The number of rotatable bonds is 4. The third kappa shape index (κ3) is 4.24. The fourth-order valence-electron chi connectivity index (χ4n) is 3.20. The highest BCUT2D eigenvalue weighted by molar-refractivity contribution is 6.30. The number of carbonyl (C=O) groups excluding carboxylic acids is 1. The molecule has 2 aromatic carbocycles. The van der Waals surface area contributed by atoms with Crippen LogP contribution in [-0.2, 0) is 4.74 Å².